The van der Waals surface area contributed by atoms with Crippen LogP contribution in [0.25, 0.3) is 0 Å². The van der Waals surface area contributed by atoms with Crippen LogP contribution < -0.4 is 8.92 Å². The molecule has 2 rings (SSSR count). The van der Waals surface area contributed by atoms with Crippen molar-refractivity contribution in [1.82, 2.24) is 0 Å². The van der Waals surface area contributed by atoms with Crippen LogP contribution in [0.15, 0.2) is 41.3 Å². The predicted molar refractivity (Wildman–Crippen MR) is 91.6 cm³/mol. The van der Waals surface area contributed by atoms with Crippen LogP contribution in [0.3, 0.4) is 0 Å². The van der Waals surface area contributed by atoms with Crippen molar-refractivity contribution in [1.29, 1.82) is 0 Å². The van der Waals surface area contributed by atoms with Gasteiger partial charge in [0.2, 0.25) is 0 Å². The van der Waals surface area contributed by atoms with Gasteiger partial charge in [-0.15, -0.1) is 0 Å². The molecule has 2 aromatic carbocycles. The van der Waals surface area contributed by atoms with Crippen LogP contribution >= 0.6 is 11.6 Å². The van der Waals surface area contributed by atoms with Crippen molar-refractivity contribution in [3.63, 3.8) is 0 Å². The maximum atomic E-state index is 12.8. The topological polar surface area (TPSA) is 69.7 Å². The highest BCUT2D eigenvalue weighted by Crippen LogP contribution is 2.34. The summed E-state index contributed by atoms with van der Waals surface area (Å²) in [6.45, 7) is 1.72. The summed E-state index contributed by atoms with van der Waals surface area (Å²) < 4.78 is 73.6. The minimum absolute atomic E-state index is 0.0819. The molecule has 10 heteroatoms. The zero-order valence-electron chi connectivity index (χ0n) is 13.9. The number of benzene rings is 2. The Morgan fingerprint density at radius 3 is 2.41 bits per heavy atom. The number of halogens is 4. The Hall–Kier alpha value is -2.26. The highest BCUT2D eigenvalue weighted by molar-refractivity contribution is 7.87. The summed E-state index contributed by atoms with van der Waals surface area (Å²) >= 11 is 5.76. The van der Waals surface area contributed by atoms with Crippen LogP contribution in [-0.2, 0) is 21.1 Å². The molecule has 0 spiro atoms. The lowest BCUT2D eigenvalue weighted by molar-refractivity contribution is -0.137. The van der Waals surface area contributed by atoms with E-state index in [9.17, 15) is 26.4 Å². The van der Waals surface area contributed by atoms with E-state index in [-0.39, 0.29) is 24.5 Å². The third-order valence-electron chi connectivity index (χ3n) is 3.26. The number of ether oxygens (including phenoxy) is 1. The van der Waals surface area contributed by atoms with Gasteiger partial charge in [0, 0.05) is 12.5 Å². The summed E-state index contributed by atoms with van der Waals surface area (Å²) in [7, 11) is -4.63. The van der Waals surface area contributed by atoms with Gasteiger partial charge in [-0.05, 0) is 42.8 Å². The standard InChI is InChI=1S/C17H14ClF3O5S/c1-11-7-13(25-6-2-5-22)10-14(8-11)26-27(23,24)16-9-12(17(19,20)21)3-4-15(16)18/h3-5,7-10H,2,6H2,1H3. The first-order valence-electron chi connectivity index (χ1n) is 7.52. The second-order valence-corrected chi connectivity index (χ2v) is 7.39. The molecular weight excluding hydrogens is 409 g/mol. The molecule has 0 unspecified atom stereocenters. The third-order valence-corrected chi connectivity index (χ3v) is 4.99. The fraction of sp³-hybridized carbons (Fsp3) is 0.235. The second-order valence-electron chi connectivity index (χ2n) is 5.47. The van der Waals surface area contributed by atoms with E-state index in [4.69, 9.17) is 20.5 Å². The highest BCUT2D eigenvalue weighted by atomic mass is 35.5. The molecule has 0 bridgehead atoms. The molecule has 27 heavy (non-hydrogen) atoms. The molecule has 0 aliphatic rings. The van der Waals surface area contributed by atoms with Crippen molar-refractivity contribution < 1.29 is 35.3 Å². The number of aryl methyl sites for hydroxylation is 1. The molecule has 0 aliphatic carbocycles. The fourth-order valence-electron chi connectivity index (χ4n) is 2.11. The molecule has 146 valence electrons. The van der Waals surface area contributed by atoms with Gasteiger partial charge in [0.15, 0.2) is 0 Å². The largest absolute Gasteiger partial charge is 0.493 e. The number of hydrogen-bond acceptors (Lipinski definition) is 5. The van der Waals surface area contributed by atoms with Crippen molar-refractivity contribution in [2.24, 2.45) is 0 Å². The van der Waals surface area contributed by atoms with E-state index in [2.05, 4.69) is 0 Å². The Bertz CT molecular complexity index is 942. The van der Waals surface area contributed by atoms with Crippen LogP contribution in [0.4, 0.5) is 13.2 Å². The molecule has 5 nitrogen and oxygen atoms in total. The number of aldehydes is 1. The van der Waals surface area contributed by atoms with E-state index in [0.29, 0.717) is 24.0 Å². The second kappa shape index (κ2) is 8.18. The van der Waals surface area contributed by atoms with Crippen molar-refractivity contribution in [3.05, 3.63) is 52.5 Å². The maximum Gasteiger partial charge on any atom is 0.416 e. The van der Waals surface area contributed by atoms with Crippen molar-refractivity contribution in [3.8, 4) is 11.5 Å². The van der Waals surface area contributed by atoms with Crippen LogP contribution in [0, 0.1) is 6.92 Å². The van der Waals surface area contributed by atoms with E-state index in [0.717, 1.165) is 6.07 Å². The summed E-state index contributed by atoms with van der Waals surface area (Å²) in [5.41, 5.74) is -0.588. The Balaban J connectivity index is 2.35. The first kappa shape index (κ1) is 21.0. The molecule has 0 amide bonds. The van der Waals surface area contributed by atoms with Gasteiger partial charge in [-0.2, -0.15) is 21.6 Å². The van der Waals surface area contributed by atoms with E-state index in [1.54, 1.807) is 13.0 Å². The van der Waals surface area contributed by atoms with Gasteiger partial charge < -0.3 is 13.7 Å². The van der Waals surface area contributed by atoms with Gasteiger partial charge in [-0.3, -0.25) is 0 Å². The highest BCUT2D eigenvalue weighted by Gasteiger charge is 2.33. The van der Waals surface area contributed by atoms with E-state index < -0.39 is 31.8 Å². The average Bonchev–Trinajstić information content (AvgIpc) is 2.53. The van der Waals surface area contributed by atoms with Crippen molar-refractivity contribution >= 4 is 28.0 Å². The normalized spacial score (nSPS) is 11.9. The average molecular weight is 423 g/mol. The fourth-order valence-corrected chi connectivity index (χ4v) is 3.53. The molecule has 0 saturated carbocycles. The molecule has 0 aliphatic heterocycles. The molecule has 0 aromatic heterocycles. The smallest absolute Gasteiger partial charge is 0.416 e. The number of hydrogen-bond donors (Lipinski definition) is 0. The van der Waals surface area contributed by atoms with Gasteiger partial charge in [0.1, 0.15) is 22.7 Å². The Kier molecular flexibility index (Phi) is 6.38. The molecule has 2 aromatic rings. The summed E-state index contributed by atoms with van der Waals surface area (Å²) in [4.78, 5) is 9.52. The summed E-state index contributed by atoms with van der Waals surface area (Å²) in [6, 6.07) is 6.12. The zero-order chi connectivity index (χ0) is 20.2. The maximum absolute atomic E-state index is 12.8. The lowest BCUT2D eigenvalue weighted by Gasteiger charge is -2.13. The minimum Gasteiger partial charge on any atom is -0.493 e. The Morgan fingerprint density at radius 1 is 1.11 bits per heavy atom. The van der Waals surface area contributed by atoms with Crippen molar-refractivity contribution in [2.75, 3.05) is 6.61 Å². The number of carbonyl (C=O) groups excluding carboxylic acids is 1. The monoisotopic (exact) mass is 422 g/mol. The molecule has 0 saturated heterocycles. The van der Waals surface area contributed by atoms with Gasteiger partial charge in [-0.25, -0.2) is 0 Å². The first-order chi connectivity index (χ1) is 12.5. The Labute approximate surface area is 158 Å². The predicted octanol–water partition coefficient (Wildman–Crippen LogP) is 4.40. The third kappa shape index (κ3) is 5.61. The first-order valence-corrected chi connectivity index (χ1v) is 9.31. The summed E-state index contributed by atoms with van der Waals surface area (Å²) in [6.07, 6.45) is -3.94. The van der Waals surface area contributed by atoms with Crippen molar-refractivity contribution in [2.45, 2.75) is 24.4 Å². The minimum atomic E-state index is -4.74. The van der Waals surface area contributed by atoms with E-state index in [1.807, 2.05) is 0 Å². The van der Waals surface area contributed by atoms with Gasteiger partial charge in [0.25, 0.3) is 0 Å². The molecular formula is C17H14ClF3O5S. The lowest BCUT2D eigenvalue weighted by Crippen LogP contribution is -2.13. The zero-order valence-corrected chi connectivity index (χ0v) is 15.5. The molecule has 0 fully saturated rings. The van der Waals surface area contributed by atoms with Crippen LogP contribution in [0.5, 0.6) is 11.5 Å². The van der Waals surface area contributed by atoms with Gasteiger partial charge >= 0.3 is 16.3 Å². The Morgan fingerprint density at radius 2 is 1.78 bits per heavy atom. The van der Waals surface area contributed by atoms with Gasteiger partial charge in [0.05, 0.1) is 17.2 Å². The lowest BCUT2D eigenvalue weighted by atomic mass is 10.2. The quantitative estimate of drug-likeness (QED) is 0.375. The molecule has 0 atom stereocenters. The number of alkyl halides is 3. The molecule has 0 heterocycles. The molecule has 0 N–H and O–H groups in total. The summed E-state index contributed by atoms with van der Waals surface area (Å²) in [5, 5.41) is -0.405. The van der Waals surface area contributed by atoms with Crippen LogP contribution in [0.2, 0.25) is 5.02 Å². The van der Waals surface area contributed by atoms with Crippen LogP contribution in [0.1, 0.15) is 17.5 Å². The SMILES string of the molecule is Cc1cc(OCCC=O)cc(OS(=O)(=O)c2cc(C(F)(F)F)ccc2Cl)c1. The molecule has 0 radical (unpaired) electrons. The number of rotatable bonds is 7. The number of carbonyl (C=O) groups is 1. The summed E-state index contributed by atoms with van der Waals surface area (Å²) in [5.74, 6) is 0.0850. The van der Waals surface area contributed by atoms with Gasteiger partial charge in [-0.1, -0.05) is 11.6 Å². The van der Waals surface area contributed by atoms with E-state index >= 15 is 0 Å². The van der Waals surface area contributed by atoms with Crippen LogP contribution in [-0.4, -0.2) is 21.3 Å². The van der Waals surface area contributed by atoms with E-state index in [1.165, 1.54) is 12.1 Å².